The van der Waals surface area contributed by atoms with E-state index in [0.29, 0.717) is 22.7 Å². The van der Waals surface area contributed by atoms with Gasteiger partial charge in [-0.15, -0.1) is 5.11 Å². The van der Waals surface area contributed by atoms with Gasteiger partial charge in [0.15, 0.2) is 11.5 Å². The second-order valence-corrected chi connectivity index (χ2v) is 4.19. The lowest BCUT2D eigenvalue weighted by molar-refractivity contribution is 0.272. The van der Waals surface area contributed by atoms with Crippen molar-refractivity contribution in [1.82, 2.24) is 0 Å². The molecule has 110 valence electrons. The largest absolute Gasteiger partial charge is 0.504 e. The highest BCUT2D eigenvalue weighted by Gasteiger charge is 2.10. The van der Waals surface area contributed by atoms with Gasteiger partial charge in [-0.05, 0) is 18.2 Å². The molecule has 0 spiro atoms. The number of phenols is 1. The molecule has 0 radical (unpaired) electrons. The number of ether oxygens (including phenoxy) is 2. The van der Waals surface area contributed by atoms with E-state index < -0.39 is 0 Å². The number of aliphatic hydroxyl groups excluding tert-OH is 1. The predicted octanol–water partition coefficient (Wildman–Crippen LogP) is 3.32. The van der Waals surface area contributed by atoms with Crippen molar-refractivity contribution in [1.29, 1.82) is 0 Å². The SMILES string of the molecule is COc1ccccc1N=Nc1cc(CO)c(O)c(OC)c1. The molecule has 2 aromatic rings. The van der Waals surface area contributed by atoms with Crippen molar-refractivity contribution >= 4 is 11.4 Å². The van der Waals surface area contributed by atoms with Crippen LogP contribution in [0.4, 0.5) is 11.4 Å². The summed E-state index contributed by atoms with van der Waals surface area (Å²) in [6.07, 6.45) is 0. The van der Waals surface area contributed by atoms with Gasteiger partial charge in [0, 0.05) is 11.6 Å². The average Bonchev–Trinajstić information content (AvgIpc) is 2.54. The fourth-order valence-corrected chi connectivity index (χ4v) is 1.81. The van der Waals surface area contributed by atoms with Crippen LogP contribution in [0.1, 0.15) is 5.56 Å². The molecule has 0 saturated heterocycles. The molecule has 0 amide bonds. The van der Waals surface area contributed by atoms with Gasteiger partial charge in [0.2, 0.25) is 0 Å². The Kier molecular flexibility index (Phi) is 4.73. The van der Waals surface area contributed by atoms with Gasteiger partial charge in [-0.2, -0.15) is 5.11 Å². The molecule has 2 rings (SSSR count). The van der Waals surface area contributed by atoms with Crippen LogP contribution in [0.3, 0.4) is 0 Å². The topological polar surface area (TPSA) is 83.6 Å². The molecule has 0 unspecified atom stereocenters. The van der Waals surface area contributed by atoms with E-state index in [-0.39, 0.29) is 18.1 Å². The van der Waals surface area contributed by atoms with Crippen molar-refractivity contribution in [3.8, 4) is 17.2 Å². The quantitative estimate of drug-likeness (QED) is 0.827. The maximum atomic E-state index is 9.80. The summed E-state index contributed by atoms with van der Waals surface area (Å²) in [5.74, 6) is 0.737. The lowest BCUT2D eigenvalue weighted by Gasteiger charge is -2.08. The van der Waals surface area contributed by atoms with Crippen molar-refractivity contribution in [3.05, 3.63) is 42.0 Å². The summed E-state index contributed by atoms with van der Waals surface area (Å²) in [5.41, 5.74) is 1.36. The van der Waals surface area contributed by atoms with Crippen molar-refractivity contribution in [2.24, 2.45) is 10.2 Å². The molecule has 0 aromatic heterocycles. The summed E-state index contributed by atoms with van der Waals surface area (Å²) in [6.45, 7) is -0.319. The van der Waals surface area contributed by atoms with E-state index >= 15 is 0 Å². The lowest BCUT2D eigenvalue weighted by atomic mass is 10.1. The van der Waals surface area contributed by atoms with Crippen molar-refractivity contribution < 1.29 is 19.7 Å². The Hall–Kier alpha value is -2.60. The van der Waals surface area contributed by atoms with Crippen LogP contribution in [-0.2, 0) is 6.61 Å². The molecule has 0 aliphatic heterocycles. The number of aliphatic hydroxyl groups is 1. The first-order valence-electron chi connectivity index (χ1n) is 6.25. The van der Waals surface area contributed by atoms with Crippen LogP contribution < -0.4 is 9.47 Å². The first-order chi connectivity index (χ1) is 10.2. The molecule has 2 aromatic carbocycles. The van der Waals surface area contributed by atoms with Gasteiger partial charge in [-0.3, -0.25) is 0 Å². The lowest BCUT2D eigenvalue weighted by Crippen LogP contribution is -1.89. The third kappa shape index (κ3) is 3.29. The molecule has 6 heteroatoms. The number of para-hydroxylation sites is 1. The smallest absolute Gasteiger partial charge is 0.163 e. The van der Waals surface area contributed by atoms with E-state index in [1.165, 1.54) is 19.2 Å². The van der Waals surface area contributed by atoms with E-state index in [2.05, 4.69) is 10.2 Å². The van der Waals surface area contributed by atoms with E-state index in [1.54, 1.807) is 19.2 Å². The Bertz CT molecular complexity index is 631. The Morgan fingerprint density at radius 2 is 1.71 bits per heavy atom. The van der Waals surface area contributed by atoms with Crippen LogP contribution in [0, 0.1) is 0 Å². The number of hydrogen-bond donors (Lipinski definition) is 2. The van der Waals surface area contributed by atoms with Crippen LogP contribution in [0.2, 0.25) is 0 Å². The summed E-state index contributed by atoms with van der Waals surface area (Å²) >= 11 is 0. The number of rotatable bonds is 5. The van der Waals surface area contributed by atoms with E-state index in [0.717, 1.165) is 0 Å². The molecule has 0 atom stereocenters. The van der Waals surface area contributed by atoms with Crippen molar-refractivity contribution in [2.75, 3.05) is 14.2 Å². The molecule has 0 aliphatic carbocycles. The third-order valence-electron chi connectivity index (χ3n) is 2.89. The van der Waals surface area contributed by atoms with E-state index in [4.69, 9.17) is 9.47 Å². The van der Waals surface area contributed by atoms with Crippen LogP contribution in [0.25, 0.3) is 0 Å². The Labute approximate surface area is 122 Å². The number of azo groups is 1. The number of nitrogens with zero attached hydrogens (tertiary/aromatic N) is 2. The summed E-state index contributed by atoms with van der Waals surface area (Å²) < 4.78 is 10.2. The Morgan fingerprint density at radius 1 is 1.00 bits per heavy atom. The van der Waals surface area contributed by atoms with Gasteiger partial charge in [0.05, 0.1) is 26.5 Å². The van der Waals surface area contributed by atoms with Crippen LogP contribution in [0.15, 0.2) is 46.6 Å². The fourth-order valence-electron chi connectivity index (χ4n) is 1.81. The average molecular weight is 288 g/mol. The number of hydrogen-bond acceptors (Lipinski definition) is 6. The zero-order valence-corrected chi connectivity index (χ0v) is 11.8. The normalized spacial score (nSPS) is 10.8. The maximum absolute atomic E-state index is 9.80. The number of benzene rings is 2. The second kappa shape index (κ2) is 6.71. The minimum Gasteiger partial charge on any atom is -0.504 e. The first-order valence-corrected chi connectivity index (χ1v) is 6.25. The summed E-state index contributed by atoms with van der Waals surface area (Å²) in [7, 11) is 2.99. The number of methoxy groups -OCH3 is 2. The van der Waals surface area contributed by atoms with Gasteiger partial charge in [-0.1, -0.05) is 12.1 Å². The number of aromatic hydroxyl groups is 1. The van der Waals surface area contributed by atoms with Gasteiger partial charge < -0.3 is 19.7 Å². The fraction of sp³-hybridized carbons (Fsp3) is 0.200. The molecule has 21 heavy (non-hydrogen) atoms. The summed E-state index contributed by atoms with van der Waals surface area (Å²) in [6, 6.07) is 10.3. The van der Waals surface area contributed by atoms with Gasteiger partial charge in [0.1, 0.15) is 11.4 Å². The molecular formula is C15H16N2O4. The van der Waals surface area contributed by atoms with Gasteiger partial charge in [0.25, 0.3) is 0 Å². The van der Waals surface area contributed by atoms with E-state index in [9.17, 15) is 10.2 Å². The van der Waals surface area contributed by atoms with E-state index in [1.807, 2.05) is 12.1 Å². The Balaban J connectivity index is 2.37. The Morgan fingerprint density at radius 3 is 2.38 bits per heavy atom. The van der Waals surface area contributed by atoms with Gasteiger partial charge >= 0.3 is 0 Å². The zero-order valence-electron chi connectivity index (χ0n) is 11.8. The molecule has 0 aliphatic rings. The highest BCUT2D eigenvalue weighted by molar-refractivity contribution is 5.56. The minimum atomic E-state index is -0.319. The molecule has 0 bridgehead atoms. The van der Waals surface area contributed by atoms with Crippen LogP contribution in [0.5, 0.6) is 17.2 Å². The van der Waals surface area contributed by atoms with Crippen molar-refractivity contribution in [2.45, 2.75) is 6.61 Å². The highest BCUT2D eigenvalue weighted by Crippen LogP contribution is 2.36. The molecule has 0 heterocycles. The summed E-state index contributed by atoms with van der Waals surface area (Å²) in [4.78, 5) is 0. The monoisotopic (exact) mass is 288 g/mol. The van der Waals surface area contributed by atoms with Crippen LogP contribution in [-0.4, -0.2) is 24.4 Å². The molecule has 2 N–H and O–H groups in total. The third-order valence-corrected chi connectivity index (χ3v) is 2.89. The first kappa shape index (κ1) is 14.8. The minimum absolute atomic E-state index is 0.101. The van der Waals surface area contributed by atoms with Crippen LogP contribution >= 0.6 is 0 Å². The highest BCUT2D eigenvalue weighted by atomic mass is 16.5. The molecule has 0 saturated carbocycles. The molecule has 0 fully saturated rings. The van der Waals surface area contributed by atoms with Gasteiger partial charge in [-0.25, -0.2) is 0 Å². The second-order valence-electron chi connectivity index (χ2n) is 4.19. The maximum Gasteiger partial charge on any atom is 0.163 e. The standard InChI is InChI=1S/C15H16N2O4/c1-20-13-6-4-3-5-12(13)17-16-11-7-10(9-18)15(19)14(8-11)21-2/h3-8,18-19H,9H2,1-2H3. The molecule has 6 nitrogen and oxygen atoms in total. The predicted molar refractivity (Wildman–Crippen MR) is 77.8 cm³/mol. The molecular weight excluding hydrogens is 272 g/mol. The zero-order chi connectivity index (χ0) is 15.2. The van der Waals surface area contributed by atoms with Crippen molar-refractivity contribution in [3.63, 3.8) is 0 Å². The summed E-state index contributed by atoms with van der Waals surface area (Å²) in [5, 5.41) is 27.2.